The van der Waals surface area contributed by atoms with Gasteiger partial charge in [0.15, 0.2) is 11.5 Å². The fourth-order valence-corrected chi connectivity index (χ4v) is 3.70. The van der Waals surface area contributed by atoms with Crippen LogP contribution >= 0.6 is 22.6 Å². The molecule has 0 amide bonds. The number of ether oxygens (including phenoxy) is 4. The first-order chi connectivity index (χ1) is 12.1. The Bertz CT molecular complexity index is 835. The summed E-state index contributed by atoms with van der Waals surface area (Å²) in [5.41, 5.74) is 1.84. The maximum absolute atomic E-state index is 10.9. The Labute approximate surface area is 157 Å². The maximum Gasteiger partial charge on any atom is 0.304 e. The fourth-order valence-electron chi connectivity index (χ4n) is 3.04. The lowest BCUT2D eigenvalue weighted by Gasteiger charge is -2.11. The van der Waals surface area contributed by atoms with Gasteiger partial charge in [-0.25, -0.2) is 0 Å². The first kappa shape index (κ1) is 16.3. The predicted octanol–water partition coefficient (Wildman–Crippen LogP) is 3.55. The number of carboxylic acids is 1. The molecule has 2 aliphatic rings. The van der Waals surface area contributed by atoms with Crippen molar-refractivity contribution >= 4 is 28.6 Å². The minimum absolute atomic E-state index is 0.0686. The van der Waals surface area contributed by atoms with Crippen LogP contribution in [0.1, 0.15) is 23.5 Å². The fraction of sp³-hybridized carbons (Fsp3) is 0.278. The second kappa shape index (κ2) is 6.62. The van der Waals surface area contributed by atoms with Gasteiger partial charge >= 0.3 is 5.97 Å². The third-order valence-corrected chi connectivity index (χ3v) is 4.82. The zero-order chi connectivity index (χ0) is 17.4. The molecule has 2 aliphatic heterocycles. The Morgan fingerprint density at radius 1 is 1.20 bits per heavy atom. The molecule has 130 valence electrons. The first-order valence-electron chi connectivity index (χ1n) is 7.79. The van der Waals surface area contributed by atoms with Crippen molar-refractivity contribution in [1.29, 1.82) is 0 Å². The second-order valence-electron chi connectivity index (χ2n) is 5.89. The number of hydrogen-bond donors (Lipinski definition) is 1. The van der Waals surface area contributed by atoms with Crippen molar-refractivity contribution in [1.82, 2.24) is 0 Å². The van der Waals surface area contributed by atoms with Gasteiger partial charge in [-0.1, -0.05) is 6.07 Å². The quantitative estimate of drug-likeness (QED) is 0.697. The predicted molar refractivity (Wildman–Crippen MR) is 96.5 cm³/mol. The summed E-state index contributed by atoms with van der Waals surface area (Å²) < 4.78 is 23.5. The Kier molecular flexibility index (Phi) is 4.32. The summed E-state index contributed by atoms with van der Waals surface area (Å²) in [5.74, 6) is 1.89. The van der Waals surface area contributed by atoms with E-state index in [-0.39, 0.29) is 19.1 Å². The van der Waals surface area contributed by atoms with Crippen LogP contribution < -0.4 is 18.9 Å². The normalized spacial score (nSPS) is 17.1. The molecular formula is C18H15IO6. The van der Waals surface area contributed by atoms with Gasteiger partial charge in [0, 0.05) is 26.7 Å². The molecule has 0 aliphatic carbocycles. The molecule has 0 unspecified atom stereocenters. The van der Waals surface area contributed by atoms with Crippen molar-refractivity contribution in [3.05, 3.63) is 45.0 Å². The van der Waals surface area contributed by atoms with Crippen molar-refractivity contribution in [2.24, 2.45) is 0 Å². The Balaban J connectivity index is 1.49. The molecule has 1 atom stereocenters. The standard InChI is InChI=1S/C18H15IO6/c19-12-3-11(18-16(5-12)24-9-25-18)8-22-13-1-2-14-10(4-17(20)21)7-23-15(14)6-13/h1-3,5-6,10H,4,7-9H2,(H,20,21)/t10-/m1/s1. The van der Waals surface area contributed by atoms with E-state index in [0.717, 1.165) is 26.2 Å². The van der Waals surface area contributed by atoms with Crippen molar-refractivity contribution < 1.29 is 28.8 Å². The topological polar surface area (TPSA) is 74.2 Å². The molecule has 2 aromatic rings. The Morgan fingerprint density at radius 3 is 2.92 bits per heavy atom. The third-order valence-electron chi connectivity index (χ3n) is 4.19. The average Bonchev–Trinajstić information content (AvgIpc) is 3.19. The number of benzene rings is 2. The number of hydrogen-bond acceptors (Lipinski definition) is 5. The van der Waals surface area contributed by atoms with E-state index in [1.807, 2.05) is 30.3 Å². The summed E-state index contributed by atoms with van der Waals surface area (Å²) in [5, 5.41) is 8.96. The molecule has 0 fully saturated rings. The van der Waals surface area contributed by atoms with Crippen LogP contribution in [-0.2, 0) is 11.4 Å². The largest absolute Gasteiger partial charge is 0.492 e. The summed E-state index contributed by atoms with van der Waals surface area (Å²) >= 11 is 2.23. The van der Waals surface area contributed by atoms with Gasteiger partial charge in [0.2, 0.25) is 6.79 Å². The molecule has 0 aromatic heterocycles. The molecule has 7 heteroatoms. The van der Waals surface area contributed by atoms with Gasteiger partial charge in [-0.2, -0.15) is 0 Å². The maximum atomic E-state index is 10.9. The number of carboxylic acid groups (broad SMARTS) is 1. The van der Waals surface area contributed by atoms with E-state index < -0.39 is 5.97 Å². The van der Waals surface area contributed by atoms with E-state index in [0.29, 0.717) is 24.7 Å². The zero-order valence-electron chi connectivity index (χ0n) is 13.2. The molecule has 1 N–H and O–H groups in total. The molecule has 4 rings (SSSR count). The molecular weight excluding hydrogens is 439 g/mol. The molecule has 0 saturated carbocycles. The summed E-state index contributed by atoms with van der Waals surface area (Å²) in [6.45, 7) is 0.959. The van der Waals surface area contributed by atoms with Crippen LogP contribution in [0.25, 0.3) is 0 Å². The highest BCUT2D eigenvalue weighted by Crippen LogP contribution is 2.40. The molecule has 0 spiro atoms. The minimum atomic E-state index is -0.823. The molecule has 2 aromatic carbocycles. The van der Waals surface area contributed by atoms with Crippen LogP contribution in [0.4, 0.5) is 0 Å². The average molecular weight is 454 g/mol. The molecule has 0 radical (unpaired) electrons. The molecule has 6 nitrogen and oxygen atoms in total. The molecule has 0 saturated heterocycles. The van der Waals surface area contributed by atoms with Gasteiger partial charge in [0.25, 0.3) is 0 Å². The summed E-state index contributed by atoms with van der Waals surface area (Å²) in [6, 6.07) is 9.46. The van der Waals surface area contributed by atoms with Crippen molar-refractivity contribution in [3.63, 3.8) is 0 Å². The van der Waals surface area contributed by atoms with Gasteiger partial charge in [-0.05, 0) is 40.8 Å². The highest BCUT2D eigenvalue weighted by Gasteiger charge is 2.27. The van der Waals surface area contributed by atoms with E-state index in [9.17, 15) is 4.79 Å². The van der Waals surface area contributed by atoms with Crippen LogP contribution in [0.15, 0.2) is 30.3 Å². The minimum Gasteiger partial charge on any atom is -0.492 e. The van der Waals surface area contributed by atoms with Crippen LogP contribution in [-0.4, -0.2) is 24.5 Å². The number of halogens is 1. The zero-order valence-corrected chi connectivity index (χ0v) is 15.3. The van der Waals surface area contributed by atoms with Crippen LogP contribution in [0.5, 0.6) is 23.0 Å². The van der Waals surface area contributed by atoms with Crippen molar-refractivity contribution in [2.45, 2.75) is 18.9 Å². The number of aliphatic carboxylic acids is 1. The molecule has 2 heterocycles. The van der Waals surface area contributed by atoms with Crippen LogP contribution in [0.2, 0.25) is 0 Å². The van der Waals surface area contributed by atoms with E-state index in [1.165, 1.54) is 0 Å². The highest BCUT2D eigenvalue weighted by molar-refractivity contribution is 14.1. The number of rotatable bonds is 5. The smallest absolute Gasteiger partial charge is 0.304 e. The lowest BCUT2D eigenvalue weighted by molar-refractivity contribution is -0.137. The van der Waals surface area contributed by atoms with Crippen molar-refractivity contribution in [2.75, 3.05) is 13.4 Å². The van der Waals surface area contributed by atoms with E-state index in [4.69, 9.17) is 24.1 Å². The molecule has 25 heavy (non-hydrogen) atoms. The second-order valence-corrected chi connectivity index (χ2v) is 7.14. The van der Waals surface area contributed by atoms with Gasteiger partial charge in [-0.3, -0.25) is 4.79 Å². The SMILES string of the molecule is O=C(O)C[C@@H]1COc2cc(OCc3cc(I)cc4c3OCO4)ccc21. The molecule has 0 bridgehead atoms. The van der Waals surface area contributed by atoms with Gasteiger partial charge < -0.3 is 24.1 Å². The van der Waals surface area contributed by atoms with Gasteiger partial charge in [0.05, 0.1) is 13.0 Å². The van der Waals surface area contributed by atoms with Crippen LogP contribution in [0.3, 0.4) is 0 Å². The first-order valence-corrected chi connectivity index (χ1v) is 8.87. The summed E-state index contributed by atoms with van der Waals surface area (Å²) in [6.07, 6.45) is 0.0686. The summed E-state index contributed by atoms with van der Waals surface area (Å²) in [4.78, 5) is 10.9. The van der Waals surface area contributed by atoms with Crippen LogP contribution in [0, 0.1) is 3.57 Å². The Morgan fingerprint density at radius 2 is 2.08 bits per heavy atom. The van der Waals surface area contributed by atoms with Gasteiger partial charge in [-0.15, -0.1) is 0 Å². The lowest BCUT2D eigenvalue weighted by atomic mass is 9.98. The lowest BCUT2D eigenvalue weighted by Crippen LogP contribution is -2.07. The number of carbonyl (C=O) groups is 1. The van der Waals surface area contributed by atoms with Crippen molar-refractivity contribution in [3.8, 4) is 23.0 Å². The third kappa shape index (κ3) is 3.33. The van der Waals surface area contributed by atoms with Gasteiger partial charge in [0.1, 0.15) is 18.1 Å². The highest BCUT2D eigenvalue weighted by atomic mass is 127. The Hall–Kier alpha value is -2.16. The van der Waals surface area contributed by atoms with E-state index >= 15 is 0 Å². The number of fused-ring (bicyclic) bond motifs is 2. The summed E-state index contributed by atoms with van der Waals surface area (Å²) in [7, 11) is 0. The van der Waals surface area contributed by atoms with E-state index in [2.05, 4.69) is 22.6 Å². The van der Waals surface area contributed by atoms with E-state index in [1.54, 1.807) is 0 Å². The monoisotopic (exact) mass is 454 g/mol.